The number of carbonyl (C=O) groups excluding carboxylic acids is 2. The molecule has 1 aliphatic carbocycles. The van der Waals surface area contributed by atoms with Gasteiger partial charge in [-0.2, -0.15) is 0 Å². The van der Waals surface area contributed by atoms with E-state index in [1.165, 1.54) is 12.1 Å². The summed E-state index contributed by atoms with van der Waals surface area (Å²) in [5.74, 6) is -0.126. The van der Waals surface area contributed by atoms with Crippen molar-refractivity contribution in [3.63, 3.8) is 0 Å². The monoisotopic (exact) mass is 571 g/mol. The van der Waals surface area contributed by atoms with Crippen LogP contribution in [0.2, 0.25) is 0 Å². The largest absolute Gasteiger partial charge is 0.496 e. The molecule has 1 heterocycles. The van der Waals surface area contributed by atoms with Crippen LogP contribution < -0.4 is 26.4 Å². The zero-order chi connectivity index (χ0) is 30.2. The summed E-state index contributed by atoms with van der Waals surface area (Å²) in [5.41, 5.74) is 7.77. The number of hydrogen-bond donors (Lipinski definition) is 4. The molecule has 1 aromatic heterocycles. The van der Waals surface area contributed by atoms with Gasteiger partial charge in [-0.05, 0) is 104 Å². The number of ether oxygens (including phenoxy) is 1. The summed E-state index contributed by atoms with van der Waals surface area (Å²) in [7, 11) is 4.92. The van der Waals surface area contributed by atoms with Crippen LogP contribution >= 0.6 is 0 Å². The molecule has 4 aromatic rings. The number of fused-ring (bicyclic) bond motifs is 1. The zero-order valence-electron chi connectivity index (χ0n) is 24.5. The van der Waals surface area contributed by atoms with Crippen molar-refractivity contribution in [3.8, 4) is 28.2 Å². The van der Waals surface area contributed by atoms with E-state index in [4.69, 9.17) is 9.15 Å². The third-order valence-corrected chi connectivity index (χ3v) is 8.16. The van der Waals surface area contributed by atoms with Crippen LogP contribution in [0.5, 0.6) is 5.75 Å². The van der Waals surface area contributed by atoms with E-state index in [2.05, 4.69) is 21.7 Å². The standard InChI is InChI=1S/C33H35FN4O4/c1-19-16-27(41-5)25(30(39)38-33(12-13-33)32(2,35)14-15-36-3)18-23(19)21-8-11-26-24(17-21)28(31(40)37-4)29(42-26)20-6-9-22(34)10-7-20/h6-11,14-18,36H,12-13,35H2,1-5H3,(H,37,40)(H,38,39)/p+1/b15-14-. The van der Waals surface area contributed by atoms with Gasteiger partial charge in [0.05, 0.1) is 23.8 Å². The van der Waals surface area contributed by atoms with Crippen molar-refractivity contribution in [2.24, 2.45) is 0 Å². The molecular weight excluding hydrogens is 535 g/mol. The highest BCUT2D eigenvalue weighted by atomic mass is 19.1. The topological polar surface area (TPSA) is 120 Å². The first-order valence-corrected chi connectivity index (χ1v) is 13.8. The molecule has 1 atom stereocenters. The molecule has 0 spiro atoms. The van der Waals surface area contributed by atoms with E-state index in [1.807, 2.05) is 57.4 Å². The van der Waals surface area contributed by atoms with Gasteiger partial charge < -0.3 is 30.8 Å². The van der Waals surface area contributed by atoms with Crippen molar-refractivity contribution in [2.75, 3.05) is 21.2 Å². The smallest absolute Gasteiger partial charge is 0.255 e. The molecule has 1 saturated carbocycles. The maximum absolute atomic E-state index is 13.7. The van der Waals surface area contributed by atoms with Gasteiger partial charge in [-0.1, -0.05) is 6.07 Å². The average molecular weight is 572 g/mol. The molecule has 1 aliphatic rings. The van der Waals surface area contributed by atoms with E-state index in [9.17, 15) is 14.0 Å². The molecule has 1 unspecified atom stereocenters. The highest BCUT2D eigenvalue weighted by molar-refractivity contribution is 6.12. The molecule has 0 bridgehead atoms. The molecule has 9 heteroatoms. The SMILES string of the molecule is CN/C=C\C(C)([NH3+])C1(NC(=O)c2cc(-c3ccc4oc(-c5ccc(F)cc5)c(C(=O)NC)c4c3)c(C)cc2OC)CC1. The van der Waals surface area contributed by atoms with Gasteiger partial charge in [0.1, 0.15) is 28.4 Å². The number of quaternary nitrogens is 1. The molecule has 0 aliphatic heterocycles. The Kier molecular flexibility index (Phi) is 7.55. The fraction of sp³-hybridized carbons (Fsp3) is 0.273. The van der Waals surface area contributed by atoms with E-state index in [0.717, 1.165) is 29.5 Å². The summed E-state index contributed by atoms with van der Waals surface area (Å²) in [6.07, 6.45) is 5.46. The molecule has 3 aromatic carbocycles. The minimum atomic E-state index is -0.503. The molecule has 0 radical (unpaired) electrons. The summed E-state index contributed by atoms with van der Waals surface area (Å²) in [5, 5.41) is 9.53. The lowest BCUT2D eigenvalue weighted by molar-refractivity contribution is -0.463. The predicted octanol–water partition coefficient (Wildman–Crippen LogP) is 4.58. The molecule has 6 N–H and O–H groups in total. The maximum atomic E-state index is 13.7. The fourth-order valence-electron chi connectivity index (χ4n) is 5.43. The number of carbonyl (C=O) groups is 2. The lowest BCUT2D eigenvalue weighted by Gasteiger charge is -2.29. The van der Waals surface area contributed by atoms with Gasteiger partial charge in [0.2, 0.25) is 0 Å². The maximum Gasteiger partial charge on any atom is 0.255 e. The third-order valence-electron chi connectivity index (χ3n) is 8.16. The van der Waals surface area contributed by atoms with E-state index in [1.54, 1.807) is 32.4 Å². The highest BCUT2D eigenvalue weighted by Gasteiger charge is 2.58. The van der Waals surface area contributed by atoms with Crippen LogP contribution in [-0.2, 0) is 0 Å². The van der Waals surface area contributed by atoms with Crippen molar-refractivity contribution >= 4 is 22.8 Å². The van der Waals surface area contributed by atoms with Gasteiger partial charge in [0.15, 0.2) is 0 Å². The molecule has 1 fully saturated rings. The van der Waals surface area contributed by atoms with Crippen molar-refractivity contribution in [3.05, 3.63) is 89.4 Å². The quantitative estimate of drug-likeness (QED) is 0.235. The molecule has 2 amide bonds. The Labute approximate surface area is 244 Å². The molecule has 42 heavy (non-hydrogen) atoms. The highest BCUT2D eigenvalue weighted by Crippen LogP contribution is 2.44. The molecule has 0 saturated heterocycles. The summed E-state index contributed by atoms with van der Waals surface area (Å²) >= 11 is 0. The Hall–Kier alpha value is -4.63. The minimum absolute atomic E-state index is 0.243. The van der Waals surface area contributed by atoms with Crippen LogP contribution in [0.15, 0.2) is 71.3 Å². The van der Waals surface area contributed by atoms with E-state index in [0.29, 0.717) is 39.2 Å². The zero-order valence-corrected chi connectivity index (χ0v) is 24.5. The van der Waals surface area contributed by atoms with Crippen LogP contribution in [0, 0.1) is 12.7 Å². The molecule has 218 valence electrons. The Balaban J connectivity index is 1.58. The summed E-state index contributed by atoms with van der Waals surface area (Å²) in [4.78, 5) is 26.8. The van der Waals surface area contributed by atoms with Gasteiger partial charge in [0.25, 0.3) is 11.8 Å². The van der Waals surface area contributed by atoms with Crippen LogP contribution in [0.4, 0.5) is 4.39 Å². The average Bonchev–Trinajstić information content (AvgIpc) is 3.68. The van der Waals surface area contributed by atoms with Gasteiger partial charge >= 0.3 is 0 Å². The minimum Gasteiger partial charge on any atom is -0.496 e. The van der Waals surface area contributed by atoms with Crippen molar-refractivity contribution in [1.82, 2.24) is 16.0 Å². The number of furan rings is 1. The summed E-state index contributed by atoms with van der Waals surface area (Å²) in [6, 6.07) is 15.1. The normalized spacial score (nSPS) is 15.3. The third kappa shape index (κ3) is 5.12. The number of halogens is 1. The Bertz CT molecular complexity index is 1700. The Morgan fingerprint density at radius 2 is 1.74 bits per heavy atom. The molecule has 8 nitrogen and oxygen atoms in total. The van der Waals surface area contributed by atoms with Crippen LogP contribution in [0.1, 0.15) is 46.0 Å². The summed E-state index contributed by atoms with van der Waals surface area (Å²) < 4.78 is 25.3. The first kappa shape index (κ1) is 28.9. The van der Waals surface area contributed by atoms with Crippen LogP contribution in [0.25, 0.3) is 33.4 Å². The first-order chi connectivity index (χ1) is 20.0. The number of aryl methyl sites for hydroxylation is 1. The van der Waals surface area contributed by atoms with Crippen LogP contribution in [0.3, 0.4) is 0 Å². The van der Waals surface area contributed by atoms with E-state index < -0.39 is 11.1 Å². The first-order valence-electron chi connectivity index (χ1n) is 13.8. The second-order valence-electron chi connectivity index (χ2n) is 11.0. The van der Waals surface area contributed by atoms with E-state index in [-0.39, 0.29) is 17.6 Å². The van der Waals surface area contributed by atoms with Gasteiger partial charge in [-0.25, -0.2) is 4.39 Å². The van der Waals surface area contributed by atoms with Crippen molar-refractivity contribution < 1.29 is 28.9 Å². The Morgan fingerprint density at radius 1 is 1.05 bits per heavy atom. The summed E-state index contributed by atoms with van der Waals surface area (Å²) in [6.45, 7) is 3.96. The fourth-order valence-corrected chi connectivity index (χ4v) is 5.43. The number of amides is 2. The van der Waals surface area contributed by atoms with Gasteiger partial charge in [-0.3, -0.25) is 9.59 Å². The number of hydrogen-bond acceptors (Lipinski definition) is 5. The van der Waals surface area contributed by atoms with Gasteiger partial charge in [-0.15, -0.1) is 0 Å². The van der Waals surface area contributed by atoms with Crippen LogP contribution in [-0.4, -0.2) is 44.1 Å². The Morgan fingerprint density at radius 3 is 2.36 bits per heavy atom. The van der Waals surface area contributed by atoms with Crippen molar-refractivity contribution in [2.45, 2.75) is 37.8 Å². The molecule has 5 rings (SSSR count). The number of nitrogens with one attached hydrogen (secondary N) is 3. The number of methoxy groups -OCH3 is 1. The lowest BCUT2D eigenvalue weighted by Crippen LogP contribution is -2.79. The predicted molar refractivity (Wildman–Crippen MR) is 161 cm³/mol. The van der Waals surface area contributed by atoms with E-state index >= 15 is 0 Å². The number of benzene rings is 3. The second-order valence-corrected chi connectivity index (χ2v) is 11.0. The number of rotatable bonds is 9. The lowest BCUT2D eigenvalue weighted by atomic mass is 9.89. The molecular formula is C33H36FN4O4+. The van der Waals surface area contributed by atoms with Gasteiger partial charge in [0, 0.05) is 25.0 Å². The second kappa shape index (κ2) is 11.0. The van der Waals surface area contributed by atoms with Crippen molar-refractivity contribution in [1.29, 1.82) is 0 Å².